The molecule has 0 heterocycles. The average Bonchev–Trinajstić information content (AvgIpc) is 2.56. The van der Waals surface area contributed by atoms with Crippen molar-refractivity contribution in [1.29, 1.82) is 0 Å². The van der Waals surface area contributed by atoms with Crippen molar-refractivity contribution in [2.24, 2.45) is 5.10 Å². The molecule has 0 bridgehead atoms. The van der Waals surface area contributed by atoms with Gasteiger partial charge in [-0.05, 0) is 55.7 Å². The molecule has 142 valence electrons. The Kier molecular flexibility index (Phi) is 6.65. The first-order valence-corrected chi connectivity index (χ1v) is 8.40. The number of hydrogen-bond acceptors (Lipinski definition) is 4. The first-order valence-electron chi connectivity index (χ1n) is 8.40. The van der Waals surface area contributed by atoms with E-state index in [0.717, 1.165) is 5.56 Å². The third kappa shape index (κ3) is 7.27. The summed E-state index contributed by atoms with van der Waals surface area (Å²) in [5.74, 6) is -1.23. The van der Waals surface area contributed by atoms with Crippen LogP contribution in [0.25, 0.3) is 0 Å². The third-order valence-electron chi connectivity index (χ3n) is 3.63. The van der Waals surface area contributed by atoms with E-state index in [4.69, 9.17) is 0 Å². The molecule has 0 unspecified atom stereocenters. The van der Waals surface area contributed by atoms with Crippen molar-refractivity contribution in [3.8, 4) is 5.75 Å². The maximum absolute atomic E-state index is 13.0. The summed E-state index contributed by atoms with van der Waals surface area (Å²) in [5.41, 5.74) is 3.11. The van der Waals surface area contributed by atoms with Gasteiger partial charge in [-0.3, -0.25) is 9.59 Å². The highest BCUT2D eigenvalue weighted by Crippen LogP contribution is 2.16. The number of carbonyl (C=O) groups is 2. The molecule has 0 aliphatic rings. The van der Waals surface area contributed by atoms with Crippen LogP contribution in [-0.4, -0.2) is 28.7 Å². The molecule has 0 saturated heterocycles. The number of hydrogen-bond donors (Lipinski definition) is 3. The van der Waals surface area contributed by atoms with Gasteiger partial charge in [-0.15, -0.1) is 0 Å². The Labute approximate surface area is 157 Å². The van der Waals surface area contributed by atoms with Crippen molar-refractivity contribution in [3.05, 3.63) is 65.5 Å². The second-order valence-corrected chi connectivity index (χ2v) is 6.80. The van der Waals surface area contributed by atoms with Gasteiger partial charge in [-0.1, -0.05) is 24.3 Å². The van der Waals surface area contributed by atoms with Crippen LogP contribution in [0.2, 0.25) is 0 Å². The standard InChI is InChI=1S/C20H22FN3O3/c1-20(2,12-14-6-8-17(25)9-7-14)23-18(26)11-19(27)24-22-13-15-4-3-5-16(21)10-15/h3-10,13,25H,11-12H2,1-2H3,(H,23,26)(H,24,27). The van der Waals surface area contributed by atoms with Crippen LogP contribution in [0, 0.1) is 5.82 Å². The van der Waals surface area contributed by atoms with Crippen molar-refractivity contribution >= 4 is 18.0 Å². The fourth-order valence-electron chi connectivity index (χ4n) is 2.54. The molecule has 0 aromatic heterocycles. The lowest BCUT2D eigenvalue weighted by Gasteiger charge is -2.26. The Morgan fingerprint density at radius 3 is 2.52 bits per heavy atom. The van der Waals surface area contributed by atoms with Crippen LogP contribution in [0.1, 0.15) is 31.4 Å². The third-order valence-corrected chi connectivity index (χ3v) is 3.63. The number of aromatic hydroxyl groups is 1. The summed E-state index contributed by atoms with van der Waals surface area (Å²) in [6.07, 6.45) is 1.46. The first-order chi connectivity index (χ1) is 12.7. The van der Waals surface area contributed by atoms with Crippen LogP contribution in [0.5, 0.6) is 5.75 Å². The summed E-state index contributed by atoms with van der Waals surface area (Å²) in [6, 6.07) is 12.5. The topological polar surface area (TPSA) is 90.8 Å². The molecular weight excluding hydrogens is 349 g/mol. The Balaban J connectivity index is 1.81. The van der Waals surface area contributed by atoms with E-state index in [2.05, 4.69) is 15.8 Å². The number of halogens is 1. The molecule has 2 rings (SSSR count). The van der Waals surface area contributed by atoms with Crippen LogP contribution in [0.3, 0.4) is 0 Å². The Morgan fingerprint density at radius 2 is 1.85 bits per heavy atom. The van der Waals surface area contributed by atoms with Crippen LogP contribution in [0.4, 0.5) is 4.39 Å². The monoisotopic (exact) mass is 371 g/mol. The van der Waals surface area contributed by atoms with E-state index in [9.17, 15) is 19.1 Å². The zero-order valence-corrected chi connectivity index (χ0v) is 15.2. The fourth-order valence-corrected chi connectivity index (χ4v) is 2.54. The zero-order valence-electron chi connectivity index (χ0n) is 15.2. The van der Waals surface area contributed by atoms with Gasteiger partial charge in [0.15, 0.2) is 0 Å². The highest BCUT2D eigenvalue weighted by Gasteiger charge is 2.22. The lowest BCUT2D eigenvalue weighted by Crippen LogP contribution is -2.46. The minimum atomic E-state index is -0.570. The number of amides is 2. The van der Waals surface area contributed by atoms with E-state index in [0.29, 0.717) is 12.0 Å². The Hall–Kier alpha value is -3.22. The molecule has 2 aromatic carbocycles. The predicted molar refractivity (Wildman–Crippen MR) is 101 cm³/mol. The van der Waals surface area contributed by atoms with Gasteiger partial charge in [0.05, 0.1) is 6.21 Å². The quantitative estimate of drug-likeness (QED) is 0.397. The molecule has 0 aliphatic carbocycles. The van der Waals surface area contributed by atoms with E-state index in [1.807, 2.05) is 13.8 Å². The molecular formula is C20H22FN3O3. The van der Waals surface area contributed by atoms with E-state index >= 15 is 0 Å². The maximum Gasteiger partial charge on any atom is 0.249 e. The second kappa shape index (κ2) is 8.93. The summed E-state index contributed by atoms with van der Waals surface area (Å²) in [5, 5.41) is 15.8. The number of nitrogens with one attached hydrogen (secondary N) is 2. The second-order valence-electron chi connectivity index (χ2n) is 6.80. The van der Waals surface area contributed by atoms with Gasteiger partial charge >= 0.3 is 0 Å². The Bertz CT molecular complexity index is 833. The molecule has 27 heavy (non-hydrogen) atoms. The number of nitrogens with zero attached hydrogens (tertiary/aromatic N) is 1. The number of phenolic OH excluding ortho intramolecular Hbond substituents is 1. The number of benzene rings is 2. The van der Waals surface area contributed by atoms with Crippen LogP contribution in [0.15, 0.2) is 53.6 Å². The maximum atomic E-state index is 13.0. The summed E-state index contributed by atoms with van der Waals surface area (Å²) in [4.78, 5) is 23.9. The van der Waals surface area contributed by atoms with E-state index in [-0.39, 0.29) is 12.2 Å². The lowest BCUT2D eigenvalue weighted by molar-refractivity contribution is -0.130. The van der Waals surface area contributed by atoms with E-state index in [1.165, 1.54) is 24.4 Å². The highest BCUT2D eigenvalue weighted by molar-refractivity contribution is 5.97. The van der Waals surface area contributed by atoms with Gasteiger partial charge in [-0.2, -0.15) is 5.10 Å². The fraction of sp³-hybridized carbons (Fsp3) is 0.250. The highest BCUT2D eigenvalue weighted by atomic mass is 19.1. The number of rotatable bonds is 7. The SMILES string of the molecule is CC(C)(Cc1ccc(O)cc1)NC(=O)CC(=O)NN=Cc1cccc(F)c1. The first kappa shape index (κ1) is 20.1. The van der Waals surface area contributed by atoms with E-state index < -0.39 is 23.2 Å². The van der Waals surface area contributed by atoms with Crippen molar-refractivity contribution in [3.63, 3.8) is 0 Å². The molecule has 0 saturated carbocycles. The average molecular weight is 371 g/mol. The van der Waals surface area contributed by atoms with Gasteiger partial charge < -0.3 is 10.4 Å². The van der Waals surface area contributed by atoms with Crippen molar-refractivity contribution < 1.29 is 19.1 Å². The molecule has 6 nitrogen and oxygen atoms in total. The molecule has 2 aromatic rings. The van der Waals surface area contributed by atoms with E-state index in [1.54, 1.807) is 30.3 Å². The molecule has 2 amide bonds. The summed E-state index contributed by atoms with van der Waals surface area (Å²) in [7, 11) is 0. The molecule has 0 spiro atoms. The number of hydrazone groups is 1. The smallest absolute Gasteiger partial charge is 0.249 e. The molecule has 7 heteroatoms. The minimum Gasteiger partial charge on any atom is -0.508 e. The largest absolute Gasteiger partial charge is 0.508 e. The summed E-state index contributed by atoms with van der Waals surface area (Å²) >= 11 is 0. The minimum absolute atomic E-state index is 0.177. The lowest BCUT2D eigenvalue weighted by atomic mass is 9.94. The van der Waals surface area contributed by atoms with Crippen molar-refractivity contribution in [1.82, 2.24) is 10.7 Å². The van der Waals surface area contributed by atoms with Crippen LogP contribution in [-0.2, 0) is 16.0 Å². The molecule has 0 radical (unpaired) electrons. The van der Waals surface area contributed by atoms with Gasteiger partial charge in [-0.25, -0.2) is 9.82 Å². The Morgan fingerprint density at radius 1 is 1.15 bits per heavy atom. The molecule has 3 N–H and O–H groups in total. The number of phenols is 1. The van der Waals surface area contributed by atoms with Crippen molar-refractivity contribution in [2.45, 2.75) is 32.2 Å². The van der Waals surface area contributed by atoms with Crippen molar-refractivity contribution in [2.75, 3.05) is 0 Å². The molecule has 0 aliphatic heterocycles. The van der Waals surface area contributed by atoms with Crippen LogP contribution < -0.4 is 10.7 Å². The molecule has 0 atom stereocenters. The zero-order chi connectivity index (χ0) is 19.9. The van der Waals surface area contributed by atoms with Gasteiger partial charge in [0.1, 0.15) is 18.0 Å². The van der Waals surface area contributed by atoms with Crippen LogP contribution >= 0.6 is 0 Å². The summed E-state index contributed by atoms with van der Waals surface area (Å²) in [6.45, 7) is 3.69. The number of carbonyl (C=O) groups excluding carboxylic acids is 2. The predicted octanol–water partition coefficient (Wildman–Crippen LogP) is 2.51. The van der Waals surface area contributed by atoms with Gasteiger partial charge in [0.25, 0.3) is 0 Å². The van der Waals surface area contributed by atoms with Gasteiger partial charge in [0.2, 0.25) is 11.8 Å². The normalized spacial score (nSPS) is 11.4. The summed E-state index contributed by atoms with van der Waals surface area (Å²) < 4.78 is 13.0. The molecule has 0 fully saturated rings. The van der Waals surface area contributed by atoms with Gasteiger partial charge in [0, 0.05) is 5.54 Å².